The molecule has 0 amide bonds. The summed E-state index contributed by atoms with van der Waals surface area (Å²) in [5.74, 6) is 0. The van der Waals surface area contributed by atoms with Crippen molar-refractivity contribution in [3.05, 3.63) is 21.9 Å². The van der Waals surface area contributed by atoms with Gasteiger partial charge in [-0.1, -0.05) is 22.9 Å². The summed E-state index contributed by atoms with van der Waals surface area (Å²) in [5.41, 5.74) is 0.222. The van der Waals surface area contributed by atoms with Crippen LogP contribution in [0.4, 0.5) is 0 Å². The smallest absolute Gasteiger partial charge is 0.0304 e. The number of aryl methyl sites for hydroxylation is 1. The van der Waals surface area contributed by atoms with Gasteiger partial charge >= 0.3 is 0 Å². The molecule has 1 nitrogen and oxygen atoms in total. The van der Waals surface area contributed by atoms with Crippen LogP contribution in [0.2, 0.25) is 0 Å². The van der Waals surface area contributed by atoms with E-state index < -0.39 is 0 Å². The standard InChI is InChI=1S/C12H20BrNS/c1-4-10-5-6-11(15-10)9-14-12(2,3)7-8-13/h5-6,14H,4,7-9H2,1-3H3. The zero-order valence-electron chi connectivity index (χ0n) is 9.77. The highest BCUT2D eigenvalue weighted by atomic mass is 79.9. The van der Waals surface area contributed by atoms with Crippen LogP contribution >= 0.6 is 27.3 Å². The quantitative estimate of drug-likeness (QED) is 0.782. The number of alkyl halides is 1. The number of hydrogen-bond acceptors (Lipinski definition) is 2. The first-order chi connectivity index (χ1) is 7.07. The lowest BCUT2D eigenvalue weighted by Crippen LogP contribution is -2.38. The lowest BCUT2D eigenvalue weighted by atomic mass is 10.0. The second-order valence-corrected chi connectivity index (χ2v) is 6.44. The minimum Gasteiger partial charge on any atom is -0.307 e. The summed E-state index contributed by atoms with van der Waals surface area (Å²) in [7, 11) is 0. The molecule has 1 aromatic rings. The van der Waals surface area contributed by atoms with Crippen LogP contribution in [0, 0.1) is 0 Å². The summed E-state index contributed by atoms with van der Waals surface area (Å²) in [4.78, 5) is 2.92. The highest BCUT2D eigenvalue weighted by molar-refractivity contribution is 9.09. The molecule has 3 heteroatoms. The van der Waals surface area contributed by atoms with Gasteiger partial charge in [0.2, 0.25) is 0 Å². The minimum absolute atomic E-state index is 0.222. The molecule has 1 aromatic heterocycles. The predicted molar refractivity (Wildman–Crippen MR) is 73.0 cm³/mol. The first-order valence-corrected chi connectivity index (χ1v) is 7.40. The molecule has 86 valence electrons. The summed E-state index contributed by atoms with van der Waals surface area (Å²) in [6.45, 7) is 7.70. The second-order valence-electron chi connectivity index (χ2n) is 4.40. The topological polar surface area (TPSA) is 12.0 Å². The maximum Gasteiger partial charge on any atom is 0.0304 e. The van der Waals surface area contributed by atoms with Crippen molar-refractivity contribution >= 4 is 27.3 Å². The Morgan fingerprint density at radius 2 is 2.00 bits per heavy atom. The summed E-state index contributed by atoms with van der Waals surface area (Å²) < 4.78 is 0. The number of halogens is 1. The molecule has 1 heterocycles. The Kier molecular flexibility index (Phi) is 5.30. The fourth-order valence-corrected chi connectivity index (χ4v) is 3.25. The molecule has 1 rings (SSSR count). The molecule has 0 aliphatic heterocycles. The fourth-order valence-electron chi connectivity index (χ4n) is 1.36. The number of thiophene rings is 1. The van der Waals surface area contributed by atoms with Gasteiger partial charge in [0.25, 0.3) is 0 Å². The summed E-state index contributed by atoms with van der Waals surface area (Å²) in [6, 6.07) is 4.47. The molecule has 0 fully saturated rings. The van der Waals surface area contributed by atoms with Crippen molar-refractivity contribution in [2.24, 2.45) is 0 Å². The fraction of sp³-hybridized carbons (Fsp3) is 0.667. The molecule has 0 saturated carbocycles. The van der Waals surface area contributed by atoms with Gasteiger partial charge in [-0.2, -0.15) is 0 Å². The Hall–Kier alpha value is 0.140. The van der Waals surface area contributed by atoms with Gasteiger partial charge in [-0.3, -0.25) is 0 Å². The van der Waals surface area contributed by atoms with E-state index in [-0.39, 0.29) is 5.54 Å². The van der Waals surface area contributed by atoms with Crippen molar-refractivity contribution in [1.29, 1.82) is 0 Å². The number of hydrogen-bond donors (Lipinski definition) is 1. The third kappa shape index (κ3) is 4.66. The maximum atomic E-state index is 3.59. The van der Waals surface area contributed by atoms with Gasteiger partial charge in [0.15, 0.2) is 0 Å². The third-order valence-electron chi connectivity index (χ3n) is 2.53. The van der Waals surface area contributed by atoms with E-state index in [1.807, 2.05) is 11.3 Å². The zero-order chi connectivity index (χ0) is 11.3. The molecular formula is C12H20BrNS. The van der Waals surface area contributed by atoms with Gasteiger partial charge in [0, 0.05) is 27.2 Å². The Morgan fingerprint density at radius 1 is 1.33 bits per heavy atom. The third-order valence-corrected chi connectivity index (χ3v) is 4.15. The highest BCUT2D eigenvalue weighted by Gasteiger charge is 2.15. The zero-order valence-corrected chi connectivity index (χ0v) is 12.2. The van der Waals surface area contributed by atoms with E-state index in [1.54, 1.807) is 0 Å². The predicted octanol–water partition coefficient (Wildman–Crippen LogP) is 3.96. The monoisotopic (exact) mass is 289 g/mol. The maximum absolute atomic E-state index is 3.59. The van der Waals surface area contributed by atoms with E-state index >= 15 is 0 Å². The van der Waals surface area contributed by atoms with Crippen molar-refractivity contribution in [2.75, 3.05) is 5.33 Å². The Labute approximate surface area is 105 Å². The second kappa shape index (κ2) is 6.02. The number of rotatable bonds is 6. The molecule has 0 aromatic carbocycles. The SMILES string of the molecule is CCc1ccc(CNC(C)(C)CCBr)s1. The van der Waals surface area contributed by atoms with Crippen molar-refractivity contribution in [1.82, 2.24) is 5.32 Å². The average Bonchev–Trinajstić information content (AvgIpc) is 2.62. The van der Waals surface area contributed by atoms with Gasteiger partial charge in [0.05, 0.1) is 0 Å². The van der Waals surface area contributed by atoms with E-state index in [9.17, 15) is 0 Å². The lowest BCUT2D eigenvalue weighted by molar-refractivity contribution is 0.379. The van der Waals surface area contributed by atoms with E-state index in [0.29, 0.717) is 0 Å². The Bertz CT molecular complexity index is 294. The molecule has 0 atom stereocenters. The molecule has 15 heavy (non-hydrogen) atoms. The normalized spacial score (nSPS) is 12.0. The average molecular weight is 290 g/mol. The Balaban J connectivity index is 2.42. The van der Waals surface area contributed by atoms with E-state index in [2.05, 4.69) is 54.2 Å². The molecule has 0 saturated heterocycles. The van der Waals surface area contributed by atoms with Gasteiger partial charge in [-0.15, -0.1) is 11.3 Å². The molecule has 0 spiro atoms. The summed E-state index contributed by atoms with van der Waals surface area (Å²) in [6.07, 6.45) is 2.30. The van der Waals surface area contributed by atoms with Gasteiger partial charge < -0.3 is 5.32 Å². The first-order valence-electron chi connectivity index (χ1n) is 5.46. The van der Waals surface area contributed by atoms with Crippen molar-refractivity contribution < 1.29 is 0 Å². The van der Waals surface area contributed by atoms with Crippen LogP contribution in [0.15, 0.2) is 12.1 Å². The molecule has 1 N–H and O–H groups in total. The largest absolute Gasteiger partial charge is 0.307 e. The summed E-state index contributed by atoms with van der Waals surface area (Å²) in [5, 5.41) is 4.65. The molecule has 0 bridgehead atoms. The number of nitrogens with one attached hydrogen (secondary N) is 1. The van der Waals surface area contributed by atoms with Crippen LogP contribution in [0.5, 0.6) is 0 Å². The van der Waals surface area contributed by atoms with Crippen LogP contribution in [0.25, 0.3) is 0 Å². The lowest BCUT2D eigenvalue weighted by Gasteiger charge is -2.25. The Morgan fingerprint density at radius 3 is 2.53 bits per heavy atom. The van der Waals surface area contributed by atoms with Crippen LogP contribution in [-0.4, -0.2) is 10.9 Å². The summed E-state index contributed by atoms with van der Waals surface area (Å²) >= 11 is 5.41. The van der Waals surface area contributed by atoms with E-state index in [0.717, 1.165) is 24.7 Å². The minimum atomic E-state index is 0.222. The molecule has 0 unspecified atom stereocenters. The molecule has 0 aliphatic rings. The van der Waals surface area contributed by atoms with Crippen LogP contribution in [-0.2, 0) is 13.0 Å². The van der Waals surface area contributed by atoms with Gasteiger partial charge in [-0.05, 0) is 38.8 Å². The van der Waals surface area contributed by atoms with Crippen molar-refractivity contribution in [3.63, 3.8) is 0 Å². The highest BCUT2D eigenvalue weighted by Crippen LogP contribution is 2.18. The van der Waals surface area contributed by atoms with Crippen molar-refractivity contribution in [3.8, 4) is 0 Å². The molecule has 0 radical (unpaired) electrons. The van der Waals surface area contributed by atoms with Gasteiger partial charge in [0.1, 0.15) is 0 Å². The van der Waals surface area contributed by atoms with E-state index in [1.165, 1.54) is 9.75 Å². The molecule has 0 aliphatic carbocycles. The molecular weight excluding hydrogens is 270 g/mol. The van der Waals surface area contributed by atoms with Crippen LogP contribution in [0.1, 0.15) is 36.9 Å². The van der Waals surface area contributed by atoms with E-state index in [4.69, 9.17) is 0 Å². The van der Waals surface area contributed by atoms with Crippen molar-refractivity contribution in [2.45, 2.75) is 45.7 Å². The first kappa shape index (κ1) is 13.2. The van der Waals surface area contributed by atoms with Gasteiger partial charge in [-0.25, -0.2) is 0 Å². The van der Waals surface area contributed by atoms with Crippen LogP contribution < -0.4 is 5.32 Å². The van der Waals surface area contributed by atoms with Crippen LogP contribution in [0.3, 0.4) is 0 Å².